The van der Waals surface area contributed by atoms with Crippen molar-refractivity contribution in [3.63, 3.8) is 0 Å². The average molecular weight is 251 g/mol. The van der Waals surface area contributed by atoms with Crippen LogP contribution in [-0.4, -0.2) is 54.9 Å². The number of para-hydroxylation sites is 1. The Morgan fingerprint density at radius 1 is 1.44 bits per heavy atom. The first-order chi connectivity index (χ1) is 8.75. The molecule has 1 atom stereocenters. The molecule has 0 amide bonds. The zero-order chi connectivity index (χ0) is 12.8. The Morgan fingerprint density at radius 2 is 2.22 bits per heavy atom. The molecule has 1 fully saturated rings. The van der Waals surface area contributed by atoms with Gasteiger partial charge in [0.1, 0.15) is 12.4 Å². The van der Waals surface area contributed by atoms with Crippen molar-refractivity contribution in [1.29, 1.82) is 0 Å². The smallest absolute Gasteiger partial charge is 0.334 e. The highest BCUT2D eigenvalue weighted by molar-refractivity contribution is 5.72. The van der Waals surface area contributed by atoms with Crippen molar-refractivity contribution >= 4 is 5.97 Å². The normalized spacial score (nSPS) is 20.6. The number of carboxylic acid groups (broad SMARTS) is 1. The molecule has 0 saturated carbocycles. The van der Waals surface area contributed by atoms with E-state index in [9.17, 15) is 4.79 Å². The average Bonchev–Trinajstić information content (AvgIpc) is 2.40. The Labute approximate surface area is 106 Å². The van der Waals surface area contributed by atoms with Crippen LogP contribution >= 0.6 is 0 Å². The summed E-state index contributed by atoms with van der Waals surface area (Å²) in [6.07, 6.45) is -0.713. The minimum Gasteiger partial charge on any atom is -0.492 e. The Morgan fingerprint density at radius 3 is 2.94 bits per heavy atom. The summed E-state index contributed by atoms with van der Waals surface area (Å²) >= 11 is 0. The van der Waals surface area contributed by atoms with Gasteiger partial charge in [-0.3, -0.25) is 4.90 Å². The number of aliphatic carboxylic acids is 1. The number of rotatable bonds is 5. The van der Waals surface area contributed by atoms with Crippen molar-refractivity contribution in [1.82, 2.24) is 4.90 Å². The fourth-order valence-electron chi connectivity index (χ4n) is 1.86. The van der Waals surface area contributed by atoms with Crippen LogP contribution in [0.3, 0.4) is 0 Å². The summed E-state index contributed by atoms with van der Waals surface area (Å²) in [5.74, 6) is -0.0655. The van der Waals surface area contributed by atoms with E-state index in [2.05, 4.69) is 0 Å². The van der Waals surface area contributed by atoms with Gasteiger partial charge in [-0.2, -0.15) is 0 Å². The molecule has 1 aromatic rings. The van der Waals surface area contributed by atoms with Crippen LogP contribution < -0.4 is 4.74 Å². The van der Waals surface area contributed by atoms with Gasteiger partial charge in [-0.25, -0.2) is 4.79 Å². The van der Waals surface area contributed by atoms with E-state index in [0.717, 1.165) is 12.3 Å². The standard InChI is InChI=1S/C13H17NO4/c15-13(16)12-10-14(7-9-18-12)6-8-17-11-4-2-1-3-5-11/h1-5,12H,6-10H2,(H,15,16)/t12-/m1/s1. The van der Waals surface area contributed by atoms with Crippen molar-refractivity contribution in [2.24, 2.45) is 0 Å². The topological polar surface area (TPSA) is 59.0 Å². The van der Waals surface area contributed by atoms with Crippen molar-refractivity contribution < 1.29 is 19.4 Å². The van der Waals surface area contributed by atoms with Crippen LogP contribution in [0.2, 0.25) is 0 Å². The zero-order valence-corrected chi connectivity index (χ0v) is 10.1. The maximum atomic E-state index is 10.8. The zero-order valence-electron chi connectivity index (χ0n) is 10.1. The fraction of sp³-hybridized carbons (Fsp3) is 0.462. The monoisotopic (exact) mass is 251 g/mol. The number of morpholine rings is 1. The SMILES string of the molecule is O=C(O)[C@H]1CN(CCOc2ccccc2)CCO1. The van der Waals surface area contributed by atoms with E-state index in [1.165, 1.54) is 0 Å². The molecule has 5 nitrogen and oxygen atoms in total. The van der Waals surface area contributed by atoms with E-state index in [1.54, 1.807) is 0 Å². The third-order valence-electron chi connectivity index (χ3n) is 2.85. The van der Waals surface area contributed by atoms with E-state index in [4.69, 9.17) is 14.6 Å². The van der Waals surface area contributed by atoms with Gasteiger partial charge >= 0.3 is 5.97 Å². The molecule has 0 aromatic heterocycles. The van der Waals surface area contributed by atoms with Crippen LogP contribution in [0, 0.1) is 0 Å². The highest BCUT2D eigenvalue weighted by atomic mass is 16.5. The van der Waals surface area contributed by atoms with Crippen LogP contribution in [0.15, 0.2) is 30.3 Å². The third kappa shape index (κ3) is 3.72. The Kier molecular flexibility index (Phi) is 4.55. The Bertz CT molecular complexity index is 382. The van der Waals surface area contributed by atoms with Crippen molar-refractivity contribution in [2.75, 3.05) is 32.8 Å². The van der Waals surface area contributed by atoms with Gasteiger partial charge in [-0.15, -0.1) is 0 Å². The van der Waals surface area contributed by atoms with Gasteiger partial charge in [0.25, 0.3) is 0 Å². The number of hydrogen-bond acceptors (Lipinski definition) is 4. The van der Waals surface area contributed by atoms with Crippen LogP contribution in [0.1, 0.15) is 0 Å². The van der Waals surface area contributed by atoms with Crippen molar-refractivity contribution in [2.45, 2.75) is 6.10 Å². The van der Waals surface area contributed by atoms with Crippen LogP contribution in [0.25, 0.3) is 0 Å². The van der Waals surface area contributed by atoms with Crippen LogP contribution in [-0.2, 0) is 9.53 Å². The highest BCUT2D eigenvalue weighted by Gasteiger charge is 2.25. The van der Waals surface area contributed by atoms with Crippen LogP contribution in [0.4, 0.5) is 0 Å². The summed E-state index contributed by atoms with van der Waals surface area (Å²) in [6, 6.07) is 9.58. The molecule has 1 heterocycles. The van der Waals surface area contributed by atoms with Gasteiger partial charge in [-0.1, -0.05) is 18.2 Å². The lowest BCUT2D eigenvalue weighted by molar-refractivity contribution is -0.156. The van der Waals surface area contributed by atoms with Gasteiger partial charge in [0.2, 0.25) is 0 Å². The maximum absolute atomic E-state index is 10.8. The summed E-state index contributed by atoms with van der Waals surface area (Å²) in [7, 11) is 0. The van der Waals surface area contributed by atoms with Gasteiger partial charge in [0, 0.05) is 19.6 Å². The molecule has 0 unspecified atom stereocenters. The molecular formula is C13H17NO4. The molecule has 1 aliphatic rings. The summed E-state index contributed by atoms with van der Waals surface area (Å²) < 4.78 is 10.7. The van der Waals surface area contributed by atoms with E-state index in [1.807, 2.05) is 35.2 Å². The van der Waals surface area contributed by atoms with E-state index in [-0.39, 0.29) is 0 Å². The molecule has 98 valence electrons. The number of carboxylic acids is 1. The molecule has 0 aliphatic carbocycles. The quantitative estimate of drug-likeness (QED) is 0.840. The third-order valence-corrected chi connectivity index (χ3v) is 2.85. The molecule has 1 saturated heterocycles. The molecule has 1 aromatic carbocycles. The lowest BCUT2D eigenvalue weighted by atomic mass is 10.3. The van der Waals surface area contributed by atoms with Crippen LogP contribution in [0.5, 0.6) is 5.75 Å². The van der Waals surface area contributed by atoms with Gasteiger partial charge < -0.3 is 14.6 Å². The van der Waals surface area contributed by atoms with E-state index < -0.39 is 12.1 Å². The molecule has 0 spiro atoms. The number of carbonyl (C=O) groups is 1. The predicted molar refractivity (Wildman–Crippen MR) is 65.8 cm³/mol. The molecule has 2 rings (SSSR count). The molecule has 0 radical (unpaired) electrons. The molecule has 0 bridgehead atoms. The highest BCUT2D eigenvalue weighted by Crippen LogP contribution is 2.09. The largest absolute Gasteiger partial charge is 0.492 e. The first-order valence-electron chi connectivity index (χ1n) is 6.00. The first-order valence-corrected chi connectivity index (χ1v) is 6.00. The number of hydrogen-bond donors (Lipinski definition) is 1. The van der Waals surface area contributed by atoms with Gasteiger partial charge in [0.05, 0.1) is 6.61 Å². The summed E-state index contributed by atoms with van der Waals surface area (Å²) in [6.45, 7) is 2.90. The second-order valence-corrected chi connectivity index (χ2v) is 4.16. The molecule has 5 heteroatoms. The van der Waals surface area contributed by atoms with E-state index in [0.29, 0.717) is 26.3 Å². The number of ether oxygens (including phenoxy) is 2. The van der Waals surface area contributed by atoms with Gasteiger partial charge in [0.15, 0.2) is 6.10 Å². The Balaban J connectivity index is 1.72. The molecule has 18 heavy (non-hydrogen) atoms. The second-order valence-electron chi connectivity index (χ2n) is 4.16. The summed E-state index contributed by atoms with van der Waals surface area (Å²) in [5, 5.41) is 8.88. The Hall–Kier alpha value is -1.59. The fourth-order valence-corrected chi connectivity index (χ4v) is 1.86. The number of nitrogens with zero attached hydrogens (tertiary/aromatic N) is 1. The van der Waals surface area contributed by atoms with Crippen molar-refractivity contribution in [3.8, 4) is 5.75 Å². The molecule has 1 N–H and O–H groups in total. The predicted octanol–water partition coefficient (Wildman–Crippen LogP) is 0.851. The van der Waals surface area contributed by atoms with Gasteiger partial charge in [-0.05, 0) is 12.1 Å². The maximum Gasteiger partial charge on any atom is 0.334 e. The minimum atomic E-state index is -0.899. The molecule has 1 aliphatic heterocycles. The lowest BCUT2D eigenvalue weighted by Gasteiger charge is -2.30. The second kappa shape index (κ2) is 6.37. The lowest BCUT2D eigenvalue weighted by Crippen LogP contribution is -2.47. The number of benzene rings is 1. The molecular weight excluding hydrogens is 234 g/mol. The van der Waals surface area contributed by atoms with E-state index >= 15 is 0 Å². The summed E-state index contributed by atoms with van der Waals surface area (Å²) in [4.78, 5) is 12.9. The minimum absolute atomic E-state index is 0.424. The first kappa shape index (κ1) is 12.9. The van der Waals surface area contributed by atoms with Crippen molar-refractivity contribution in [3.05, 3.63) is 30.3 Å². The summed E-state index contributed by atoms with van der Waals surface area (Å²) in [5.41, 5.74) is 0.